The molecule has 0 bridgehead atoms. The van der Waals surface area contributed by atoms with Crippen molar-refractivity contribution in [3.05, 3.63) is 47.1 Å². The molecule has 20 heavy (non-hydrogen) atoms. The van der Waals surface area contributed by atoms with Crippen molar-refractivity contribution in [2.24, 2.45) is 5.73 Å². The van der Waals surface area contributed by atoms with Crippen LogP contribution in [0.1, 0.15) is 11.8 Å². The van der Waals surface area contributed by atoms with Gasteiger partial charge < -0.3 is 10.5 Å². The Hall–Kier alpha value is -1.72. The minimum absolute atomic E-state index is 0.255. The summed E-state index contributed by atoms with van der Waals surface area (Å²) in [6.07, 6.45) is 0.449. The van der Waals surface area contributed by atoms with Crippen molar-refractivity contribution in [1.82, 2.24) is 0 Å². The van der Waals surface area contributed by atoms with Crippen molar-refractivity contribution in [3.63, 3.8) is 0 Å². The third kappa shape index (κ3) is 3.65. The van der Waals surface area contributed by atoms with Crippen LogP contribution in [0.25, 0.3) is 10.4 Å². The number of ether oxygens (including phenoxy) is 1. The molecule has 2 aromatic rings. The van der Waals surface area contributed by atoms with Crippen molar-refractivity contribution < 1.29 is 13.9 Å². The molecule has 0 spiro atoms. The number of halogens is 1. The molecule has 0 aliphatic heterocycles. The topological polar surface area (TPSA) is 52.3 Å². The van der Waals surface area contributed by atoms with E-state index in [0.717, 1.165) is 15.3 Å². The lowest BCUT2D eigenvalue weighted by atomic mass is 10.1. The van der Waals surface area contributed by atoms with E-state index in [1.807, 2.05) is 12.1 Å². The Morgan fingerprint density at radius 1 is 1.30 bits per heavy atom. The molecule has 1 heterocycles. The quantitative estimate of drug-likeness (QED) is 0.862. The average Bonchev–Trinajstić information content (AvgIpc) is 2.88. The molecule has 0 fully saturated rings. The molecular weight excluding hydrogens is 277 g/mol. The van der Waals surface area contributed by atoms with Crippen molar-refractivity contribution >= 4 is 17.3 Å². The van der Waals surface area contributed by atoms with Gasteiger partial charge in [-0.05, 0) is 36.8 Å². The minimum Gasteiger partial charge on any atom is -0.465 e. The van der Waals surface area contributed by atoms with E-state index in [1.54, 1.807) is 30.4 Å². The molecule has 2 rings (SSSR count). The van der Waals surface area contributed by atoms with Crippen LogP contribution in [0.5, 0.6) is 0 Å². The molecule has 1 aromatic heterocycles. The summed E-state index contributed by atoms with van der Waals surface area (Å²) in [7, 11) is 0. The van der Waals surface area contributed by atoms with Gasteiger partial charge in [0.05, 0.1) is 6.61 Å². The highest BCUT2D eigenvalue weighted by atomic mass is 32.1. The zero-order valence-corrected chi connectivity index (χ0v) is 12.0. The van der Waals surface area contributed by atoms with E-state index in [1.165, 1.54) is 12.1 Å². The van der Waals surface area contributed by atoms with Gasteiger partial charge in [-0.2, -0.15) is 0 Å². The summed E-state index contributed by atoms with van der Waals surface area (Å²) in [6, 6.07) is 9.56. The van der Waals surface area contributed by atoms with Crippen LogP contribution in [0.15, 0.2) is 36.4 Å². The molecule has 0 radical (unpaired) electrons. The minimum atomic E-state index is -0.644. The fourth-order valence-corrected chi connectivity index (χ4v) is 2.88. The molecule has 0 amide bonds. The largest absolute Gasteiger partial charge is 0.465 e. The summed E-state index contributed by atoms with van der Waals surface area (Å²) in [6.45, 7) is 2.08. The Morgan fingerprint density at radius 3 is 2.65 bits per heavy atom. The van der Waals surface area contributed by atoms with Gasteiger partial charge in [-0.3, -0.25) is 4.79 Å². The van der Waals surface area contributed by atoms with Crippen LogP contribution in [0.4, 0.5) is 4.39 Å². The average molecular weight is 293 g/mol. The van der Waals surface area contributed by atoms with Crippen LogP contribution >= 0.6 is 11.3 Å². The van der Waals surface area contributed by atoms with Crippen LogP contribution in [0, 0.1) is 5.82 Å². The van der Waals surface area contributed by atoms with Crippen molar-refractivity contribution in [2.45, 2.75) is 19.4 Å². The van der Waals surface area contributed by atoms with E-state index >= 15 is 0 Å². The van der Waals surface area contributed by atoms with E-state index in [4.69, 9.17) is 10.5 Å². The van der Waals surface area contributed by atoms with Crippen LogP contribution < -0.4 is 5.73 Å². The van der Waals surface area contributed by atoms with Gasteiger partial charge in [-0.15, -0.1) is 11.3 Å². The predicted molar refractivity (Wildman–Crippen MR) is 78.0 cm³/mol. The van der Waals surface area contributed by atoms with E-state index in [0.29, 0.717) is 13.0 Å². The SMILES string of the molecule is CCOC(=O)C(N)Cc1ccc(-c2ccc(F)cc2)s1. The van der Waals surface area contributed by atoms with Crippen LogP contribution in [-0.4, -0.2) is 18.6 Å². The Morgan fingerprint density at radius 2 is 2.00 bits per heavy atom. The normalized spacial score (nSPS) is 12.2. The third-order valence-electron chi connectivity index (χ3n) is 2.80. The second-order valence-electron chi connectivity index (χ2n) is 4.34. The summed E-state index contributed by atoms with van der Waals surface area (Å²) in [5, 5.41) is 0. The lowest BCUT2D eigenvalue weighted by molar-refractivity contribution is -0.144. The lowest BCUT2D eigenvalue weighted by Crippen LogP contribution is -2.34. The maximum atomic E-state index is 12.9. The van der Waals surface area contributed by atoms with E-state index in [2.05, 4.69) is 0 Å². The molecule has 2 N–H and O–H groups in total. The number of thiophene rings is 1. The molecule has 0 saturated heterocycles. The smallest absolute Gasteiger partial charge is 0.323 e. The lowest BCUT2D eigenvalue weighted by Gasteiger charge is -2.08. The summed E-state index contributed by atoms with van der Waals surface area (Å²) < 4.78 is 17.8. The van der Waals surface area contributed by atoms with Crippen LogP contribution in [0.2, 0.25) is 0 Å². The molecule has 0 aliphatic rings. The fraction of sp³-hybridized carbons (Fsp3) is 0.267. The van der Waals surface area contributed by atoms with Crippen molar-refractivity contribution in [2.75, 3.05) is 6.61 Å². The van der Waals surface area contributed by atoms with E-state index in [-0.39, 0.29) is 11.8 Å². The van der Waals surface area contributed by atoms with E-state index < -0.39 is 6.04 Å². The highest BCUT2D eigenvalue weighted by molar-refractivity contribution is 7.15. The number of carbonyl (C=O) groups is 1. The van der Waals surface area contributed by atoms with Gasteiger partial charge in [-0.1, -0.05) is 12.1 Å². The molecule has 5 heteroatoms. The molecular formula is C15H16FNO2S. The number of benzene rings is 1. The Kier molecular flexibility index (Phi) is 4.87. The highest BCUT2D eigenvalue weighted by Gasteiger charge is 2.16. The molecule has 106 valence electrons. The molecule has 1 unspecified atom stereocenters. The van der Waals surface area contributed by atoms with E-state index in [9.17, 15) is 9.18 Å². The van der Waals surface area contributed by atoms with Gasteiger partial charge in [0.2, 0.25) is 0 Å². The number of rotatable bonds is 5. The Balaban J connectivity index is 2.05. The van der Waals surface area contributed by atoms with Gasteiger partial charge >= 0.3 is 5.97 Å². The van der Waals surface area contributed by atoms with Crippen LogP contribution in [0.3, 0.4) is 0 Å². The summed E-state index contributed by atoms with van der Waals surface area (Å²) in [5.74, 6) is -0.640. The summed E-state index contributed by atoms with van der Waals surface area (Å²) in [4.78, 5) is 13.5. The first-order valence-corrected chi connectivity index (χ1v) is 7.18. The van der Waals surface area contributed by atoms with Crippen molar-refractivity contribution in [1.29, 1.82) is 0 Å². The van der Waals surface area contributed by atoms with Gasteiger partial charge in [0, 0.05) is 16.2 Å². The summed E-state index contributed by atoms with van der Waals surface area (Å²) >= 11 is 1.55. The monoisotopic (exact) mass is 293 g/mol. The Bertz CT molecular complexity index is 580. The number of hydrogen-bond donors (Lipinski definition) is 1. The first kappa shape index (κ1) is 14.7. The van der Waals surface area contributed by atoms with Gasteiger partial charge in [0.1, 0.15) is 11.9 Å². The van der Waals surface area contributed by atoms with Gasteiger partial charge in [0.15, 0.2) is 0 Å². The zero-order valence-electron chi connectivity index (χ0n) is 11.1. The van der Waals surface area contributed by atoms with Gasteiger partial charge in [-0.25, -0.2) is 4.39 Å². The maximum absolute atomic E-state index is 12.9. The summed E-state index contributed by atoms with van der Waals surface area (Å²) in [5.41, 5.74) is 6.74. The van der Waals surface area contributed by atoms with Gasteiger partial charge in [0.25, 0.3) is 0 Å². The third-order valence-corrected chi connectivity index (χ3v) is 3.96. The number of esters is 1. The van der Waals surface area contributed by atoms with Crippen LogP contribution in [-0.2, 0) is 16.0 Å². The van der Waals surface area contributed by atoms with Crippen molar-refractivity contribution in [3.8, 4) is 10.4 Å². The highest BCUT2D eigenvalue weighted by Crippen LogP contribution is 2.28. The number of carbonyl (C=O) groups excluding carboxylic acids is 1. The number of nitrogens with two attached hydrogens (primary N) is 1. The second-order valence-corrected chi connectivity index (χ2v) is 5.50. The first-order chi connectivity index (χ1) is 9.60. The standard InChI is InChI=1S/C15H16FNO2S/c1-2-19-15(18)13(17)9-12-7-8-14(20-12)10-3-5-11(16)6-4-10/h3-8,13H,2,9,17H2,1H3. The Labute approximate surface area is 121 Å². The fourth-order valence-electron chi connectivity index (χ4n) is 1.81. The molecule has 0 saturated carbocycles. The molecule has 1 aromatic carbocycles. The molecule has 3 nitrogen and oxygen atoms in total. The molecule has 1 atom stereocenters. The molecule has 0 aliphatic carbocycles. The zero-order chi connectivity index (χ0) is 14.5. The first-order valence-electron chi connectivity index (χ1n) is 6.37. The number of hydrogen-bond acceptors (Lipinski definition) is 4. The predicted octanol–water partition coefficient (Wildman–Crippen LogP) is 2.99. The second kappa shape index (κ2) is 6.63. The maximum Gasteiger partial charge on any atom is 0.323 e.